The number of methoxy groups -OCH3 is 1. The molecule has 0 aromatic rings. The maximum Gasteiger partial charge on any atom is 0.425 e. The Bertz CT molecular complexity index is 160. The van der Waals surface area contributed by atoms with Gasteiger partial charge in [-0.05, 0) is 0 Å². The largest absolute Gasteiger partial charge is 0.425 e. The lowest BCUT2D eigenvalue weighted by atomic mass is 10.1. The molecule has 0 bridgehead atoms. The fourth-order valence-corrected chi connectivity index (χ4v) is 0.563. The van der Waals surface area contributed by atoms with Crippen molar-refractivity contribution in [3.63, 3.8) is 0 Å². The minimum absolute atomic E-state index is 0.236. The summed E-state index contributed by atoms with van der Waals surface area (Å²) in [7, 11) is 0.236. The first-order chi connectivity index (χ1) is 5.62. The van der Waals surface area contributed by atoms with Gasteiger partial charge in [0.05, 0.1) is 0 Å². The van der Waals surface area contributed by atoms with Gasteiger partial charge in [0, 0.05) is 13.5 Å². The van der Waals surface area contributed by atoms with Crippen molar-refractivity contribution in [2.45, 2.75) is 31.3 Å². The smallest absolute Gasteiger partial charge is 0.319 e. The zero-order chi connectivity index (χ0) is 10.9. The van der Waals surface area contributed by atoms with E-state index in [0.717, 1.165) is 0 Å². The van der Waals surface area contributed by atoms with Gasteiger partial charge in [-0.2, -0.15) is 26.3 Å². The normalized spacial score (nSPS) is 14.8. The third kappa shape index (κ3) is 1.90. The van der Waals surface area contributed by atoms with Gasteiger partial charge in [0.2, 0.25) is 0 Å². The number of rotatable bonds is 4. The lowest BCUT2D eigenvalue weighted by molar-refractivity contribution is -0.391. The fourth-order valence-electron chi connectivity index (χ4n) is 0.563. The van der Waals surface area contributed by atoms with Gasteiger partial charge < -0.3 is 4.74 Å². The summed E-state index contributed by atoms with van der Waals surface area (Å²) in [6.45, 7) is 0.680. The van der Waals surface area contributed by atoms with Crippen LogP contribution in [0.15, 0.2) is 0 Å². The van der Waals surface area contributed by atoms with Crippen LogP contribution in [0.1, 0.15) is 13.3 Å². The third-order valence-corrected chi connectivity index (χ3v) is 1.53. The van der Waals surface area contributed by atoms with Crippen molar-refractivity contribution in [3.8, 4) is 0 Å². The Morgan fingerprint density at radius 3 is 1.62 bits per heavy atom. The molecule has 0 aliphatic carbocycles. The van der Waals surface area contributed by atoms with E-state index >= 15 is 0 Å². The Labute approximate surface area is 70.7 Å². The molecular formula is C6H8F6O. The lowest BCUT2D eigenvalue weighted by Gasteiger charge is -2.30. The predicted molar refractivity (Wildman–Crippen MR) is 32.1 cm³/mol. The molecule has 0 aromatic heterocycles. The second kappa shape index (κ2) is 3.36. The van der Waals surface area contributed by atoms with Gasteiger partial charge in [-0.1, -0.05) is 6.92 Å². The van der Waals surface area contributed by atoms with E-state index in [4.69, 9.17) is 0 Å². The van der Waals surface area contributed by atoms with Gasteiger partial charge >= 0.3 is 18.0 Å². The van der Waals surface area contributed by atoms with Crippen molar-refractivity contribution < 1.29 is 31.1 Å². The van der Waals surface area contributed by atoms with Gasteiger partial charge in [-0.15, -0.1) is 0 Å². The highest BCUT2D eigenvalue weighted by Gasteiger charge is 2.71. The van der Waals surface area contributed by atoms with Crippen LogP contribution in [0.2, 0.25) is 0 Å². The maximum atomic E-state index is 12.4. The summed E-state index contributed by atoms with van der Waals surface area (Å²) in [5.74, 6) is -10.3. The molecule has 0 aromatic carbocycles. The third-order valence-electron chi connectivity index (χ3n) is 1.53. The van der Waals surface area contributed by atoms with E-state index in [1.54, 1.807) is 0 Å². The maximum absolute atomic E-state index is 12.4. The first-order valence-electron chi connectivity index (χ1n) is 3.31. The summed E-state index contributed by atoms with van der Waals surface area (Å²) < 4.78 is 76.7. The molecule has 0 saturated heterocycles. The van der Waals surface area contributed by atoms with Gasteiger partial charge in [0.25, 0.3) is 0 Å². The SMILES string of the molecule is CCC(F)(F)C(F)(F)C(F)(F)OC. The minimum atomic E-state index is -5.50. The molecule has 0 atom stereocenters. The molecule has 0 fully saturated rings. The molecule has 0 amide bonds. The van der Waals surface area contributed by atoms with Crippen LogP contribution in [0.3, 0.4) is 0 Å². The van der Waals surface area contributed by atoms with Gasteiger partial charge in [0.15, 0.2) is 0 Å². The van der Waals surface area contributed by atoms with E-state index in [2.05, 4.69) is 4.74 Å². The van der Waals surface area contributed by atoms with Gasteiger partial charge in [-0.25, -0.2) is 0 Å². The van der Waals surface area contributed by atoms with Crippen LogP contribution in [0.25, 0.3) is 0 Å². The van der Waals surface area contributed by atoms with Crippen molar-refractivity contribution >= 4 is 0 Å². The van der Waals surface area contributed by atoms with E-state index in [-0.39, 0.29) is 7.11 Å². The van der Waals surface area contributed by atoms with E-state index in [1.165, 1.54) is 0 Å². The Morgan fingerprint density at radius 1 is 1.00 bits per heavy atom. The predicted octanol–water partition coefficient (Wildman–Crippen LogP) is 2.91. The van der Waals surface area contributed by atoms with Crippen molar-refractivity contribution in [2.24, 2.45) is 0 Å². The molecule has 0 spiro atoms. The molecule has 0 N–H and O–H groups in total. The molecular weight excluding hydrogens is 202 g/mol. The Hall–Kier alpha value is -0.460. The standard InChI is InChI=1S/C6H8F6O/c1-3-4(7,8)5(9,10)6(11,12)13-2/h3H2,1-2H3. The molecule has 0 saturated carbocycles. The molecule has 1 nitrogen and oxygen atoms in total. The number of halogens is 6. The van der Waals surface area contributed by atoms with Crippen LogP contribution in [-0.2, 0) is 4.74 Å². The average Bonchev–Trinajstić information content (AvgIpc) is 2.03. The van der Waals surface area contributed by atoms with Gasteiger partial charge in [-0.3, -0.25) is 0 Å². The Kier molecular flexibility index (Phi) is 3.24. The molecule has 0 aliphatic rings. The number of ether oxygens (including phenoxy) is 1. The highest BCUT2D eigenvalue weighted by Crippen LogP contribution is 2.47. The summed E-state index contributed by atoms with van der Waals surface area (Å²) in [5.41, 5.74) is 0. The number of hydrogen-bond donors (Lipinski definition) is 0. The summed E-state index contributed by atoms with van der Waals surface area (Å²) in [4.78, 5) is 0. The second-order valence-corrected chi connectivity index (χ2v) is 2.35. The van der Waals surface area contributed by atoms with Crippen LogP contribution in [0.4, 0.5) is 26.3 Å². The van der Waals surface area contributed by atoms with Crippen LogP contribution in [0, 0.1) is 0 Å². The quantitative estimate of drug-likeness (QED) is 0.648. The van der Waals surface area contributed by atoms with E-state index < -0.39 is 24.4 Å². The topological polar surface area (TPSA) is 9.23 Å². The van der Waals surface area contributed by atoms with Crippen molar-refractivity contribution in [1.82, 2.24) is 0 Å². The van der Waals surface area contributed by atoms with Crippen molar-refractivity contribution in [1.29, 1.82) is 0 Å². The molecule has 13 heavy (non-hydrogen) atoms. The average molecular weight is 210 g/mol. The summed E-state index contributed by atoms with van der Waals surface area (Å²) >= 11 is 0. The molecule has 0 aliphatic heterocycles. The summed E-state index contributed by atoms with van der Waals surface area (Å²) in [6.07, 6.45) is -6.55. The molecule has 0 heterocycles. The molecule has 7 heteroatoms. The molecule has 0 rings (SSSR count). The zero-order valence-electron chi connectivity index (χ0n) is 6.88. The highest BCUT2D eigenvalue weighted by atomic mass is 19.3. The lowest BCUT2D eigenvalue weighted by Crippen LogP contribution is -2.54. The van der Waals surface area contributed by atoms with Crippen LogP contribution >= 0.6 is 0 Å². The fraction of sp³-hybridized carbons (Fsp3) is 1.00. The minimum Gasteiger partial charge on any atom is -0.319 e. The highest BCUT2D eigenvalue weighted by molar-refractivity contribution is 4.90. The summed E-state index contributed by atoms with van der Waals surface area (Å²) in [6, 6.07) is 0. The van der Waals surface area contributed by atoms with Crippen LogP contribution in [0.5, 0.6) is 0 Å². The van der Waals surface area contributed by atoms with Crippen LogP contribution in [-0.4, -0.2) is 25.1 Å². The van der Waals surface area contributed by atoms with Gasteiger partial charge in [0.1, 0.15) is 0 Å². The molecule has 0 radical (unpaired) electrons. The monoisotopic (exact) mass is 210 g/mol. The zero-order valence-corrected chi connectivity index (χ0v) is 6.88. The Morgan fingerprint density at radius 2 is 1.38 bits per heavy atom. The van der Waals surface area contributed by atoms with E-state index in [0.29, 0.717) is 6.92 Å². The van der Waals surface area contributed by atoms with Crippen molar-refractivity contribution in [3.05, 3.63) is 0 Å². The molecule has 0 unspecified atom stereocenters. The van der Waals surface area contributed by atoms with E-state index in [9.17, 15) is 26.3 Å². The first-order valence-corrected chi connectivity index (χ1v) is 3.31. The van der Waals surface area contributed by atoms with E-state index in [1.807, 2.05) is 0 Å². The first kappa shape index (κ1) is 12.5. The van der Waals surface area contributed by atoms with Crippen LogP contribution < -0.4 is 0 Å². The summed E-state index contributed by atoms with van der Waals surface area (Å²) in [5, 5.41) is 0. The Balaban J connectivity index is 4.95. The number of alkyl halides is 6. The number of hydrogen-bond acceptors (Lipinski definition) is 1. The van der Waals surface area contributed by atoms with Crippen molar-refractivity contribution in [2.75, 3.05) is 7.11 Å². The second-order valence-electron chi connectivity index (χ2n) is 2.35. The molecule has 80 valence electrons.